The summed E-state index contributed by atoms with van der Waals surface area (Å²) in [5.41, 5.74) is 2.54. The fraction of sp³-hybridized carbons (Fsp3) is 0.533. The van der Waals surface area contributed by atoms with Crippen LogP contribution in [0.2, 0.25) is 0 Å². The van der Waals surface area contributed by atoms with Gasteiger partial charge in [-0.15, -0.1) is 0 Å². The summed E-state index contributed by atoms with van der Waals surface area (Å²) in [4.78, 5) is 11.6. The zero-order valence-electron chi connectivity index (χ0n) is 11.5. The highest BCUT2D eigenvalue weighted by Gasteiger charge is 2.23. The Morgan fingerprint density at radius 1 is 1.29 bits per heavy atom. The maximum atomic E-state index is 11.6. The number of aryl methyl sites for hydroxylation is 1. The molecule has 0 bridgehead atoms. The predicted octanol–water partition coefficient (Wildman–Crippen LogP) is 3.04. The van der Waals surface area contributed by atoms with E-state index in [1.807, 2.05) is 26.0 Å². The van der Waals surface area contributed by atoms with Crippen LogP contribution in [0.25, 0.3) is 0 Å². The molecule has 1 aromatic rings. The molecule has 0 unspecified atom stereocenters. The van der Waals surface area contributed by atoms with Gasteiger partial charge >= 0.3 is 0 Å². The molecular weight excluding hydrogens is 210 g/mol. The van der Waals surface area contributed by atoms with Crippen LogP contribution in [0, 0.1) is 12.8 Å². The molecule has 1 N–H and O–H groups in total. The maximum Gasteiger partial charge on any atom is 0.222 e. The molecule has 0 aromatic heterocycles. The smallest absolute Gasteiger partial charge is 0.222 e. The Morgan fingerprint density at radius 2 is 1.88 bits per heavy atom. The first-order valence-corrected chi connectivity index (χ1v) is 6.18. The molecule has 0 aliphatic rings. The number of amides is 1. The second-order valence-corrected chi connectivity index (χ2v) is 5.57. The summed E-state index contributed by atoms with van der Waals surface area (Å²) >= 11 is 0. The van der Waals surface area contributed by atoms with Gasteiger partial charge in [0.1, 0.15) is 0 Å². The molecule has 94 valence electrons. The van der Waals surface area contributed by atoms with Crippen LogP contribution in [0.3, 0.4) is 0 Å². The van der Waals surface area contributed by atoms with Crippen molar-refractivity contribution in [3.05, 3.63) is 35.4 Å². The molecule has 0 saturated heterocycles. The fourth-order valence-electron chi connectivity index (χ4n) is 1.94. The molecule has 1 rings (SSSR count). The molecular formula is C15H23NO. The molecule has 0 fully saturated rings. The Hall–Kier alpha value is -1.31. The lowest BCUT2D eigenvalue weighted by Crippen LogP contribution is -2.38. The average Bonchev–Trinajstić information content (AvgIpc) is 2.26. The molecule has 0 radical (unpaired) electrons. The van der Waals surface area contributed by atoms with Crippen molar-refractivity contribution in [2.45, 2.75) is 40.0 Å². The summed E-state index contributed by atoms with van der Waals surface area (Å²) in [6.07, 6.45) is 0. The van der Waals surface area contributed by atoms with E-state index in [2.05, 4.69) is 38.2 Å². The summed E-state index contributed by atoms with van der Waals surface area (Å²) < 4.78 is 0. The third kappa shape index (κ3) is 3.58. The van der Waals surface area contributed by atoms with Crippen LogP contribution in [0.5, 0.6) is 0 Å². The SMILES string of the molecule is Cc1ccccc1C(C)(C)CNC(=O)C(C)C. The van der Waals surface area contributed by atoms with Gasteiger partial charge in [0, 0.05) is 17.9 Å². The minimum Gasteiger partial charge on any atom is -0.355 e. The van der Waals surface area contributed by atoms with Crippen molar-refractivity contribution in [1.29, 1.82) is 0 Å². The van der Waals surface area contributed by atoms with Crippen molar-refractivity contribution >= 4 is 5.91 Å². The minimum absolute atomic E-state index is 0.0319. The highest BCUT2D eigenvalue weighted by Crippen LogP contribution is 2.25. The van der Waals surface area contributed by atoms with Crippen LogP contribution in [0.4, 0.5) is 0 Å². The van der Waals surface area contributed by atoms with E-state index in [0.717, 1.165) is 0 Å². The van der Waals surface area contributed by atoms with Gasteiger partial charge in [0.05, 0.1) is 0 Å². The third-order valence-corrected chi connectivity index (χ3v) is 3.10. The van der Waals surface area contributed by atoms with Gasteiger partial charge in [0.2, 0.25) is 5.91 Å². The molecule has 0 aliphatic heterocycles. The van der Waals surface area contributed by atoms with E-state index >= 15 is 0 Å². The Bertz CT molecular complexity index is 394. The first-order valence-electron chi connectivity index (χ1n) is 6.18. The summed E-state index contributed by atoms with van der Waals surface area (Å²) in [6, 6.07) is 8.34. The number of carbonyl (C=O) groups excluding carboxylic acids is 1. The molecule has 1 aromatic carbocycles. The van der Waals surface area contributed by atoms with E-state index in [1.165, 1.54) is 11.1 Å². The minimum atomic E-state index is -0.0319. The Kier molecular flexibility index (Phi) is 4.33. The lowest BCUT2D eigenvalue weighted by molar-refractivity contribution is -0.124. The van der Waals surface area contributed by atoms with Gasteiger partial charge in [-0.2, -0.15) is 0 Å². The fourth-order valence-corrected chi connectivity index (χ4v) is 1.94. The van der Waals surface area contributed by atoms with Crippen LogP contribution in [0.1, 0.15) is 38.8 Å². The molecule has 0 spiro atoms. The maximum absolute atomic E-state index is 11.6. The van der Waals surface area contributed by atoms with Crippen LogP contribution < -0.4 is 5.32 Å². The van der Waals surface area contributed by atoms with Crippen LogP contribution in [-0.2, 0) is 10.2 Å². The normalized spacial score (nSPS) is 11.6. The standard InChI is InChI=1S/C15H23NO/c1-11(2)14(17)16-10-15(4,5)13-9-7-6-8-12(13)3/h6-9,11H,10H2,1-5H3,(H,16,17). The van der Waals surface area contributed by atoms with Gasteiger partial charge in [-0.1, -0.05) is 52.0 Å². The topological polar surface area (TPSA) is 29.1 Å². The Labute approximate surface area is 104 Å². The summed E-state index contributed by atoms with van der Waals surface area (Å²) in [5.74, 6) is 0.161. The van der Waals surface area contributed by atoms with E-state index in [4.69, 9.17) is 0 Å². The van der Waals surface area contributed by atoms with E-state index in [0.29, 0.717) is 6.54 Å². The molecule has 0 saturated carbocycles. The molecule has 2 nitrogen and oxygen atoms in total. The monoisotopic (exact) mass is 233 g/mol. The summed E-state index contributed by atoms with van der Waals surface area (Å²) in [7, 11) is 0. The van der Waals surface area contributed by atoms with E-state index in [9.17, 15) is 4.79 Å². The lowest BCUT2D eigenvalue weighted by atomic mass is 9.82. The van der Waals surface area contributed by atoms with Gasteiger partial charge in [-0.25, -0.2) is 0 Å². The molecule has 17 heavy (non-hydrogen) atoms. The van der Waals surface area contributed by atoms with Gasteiger partial charge in [-0.3, -0.25) is 4.79 Å². The van der Waals surface area contributed by atoms with Gasteiger partial charge in [-0.05, 0) is 18.1 Å². The summed E-state index contributed by atoms with van der Waals surface area (Å²) in [6.45, 7) is 10.9. The number of hydrogen-bond donors (Lipinski definition) is 1. The second-order valence-electron chi connectivity index (χ2n) is 5.57. The first-order chi connectivity index (χ1) is 7.84. The van der Waals surface area contributed by atoms with E-state index < -0.39 is 0 Å². The predicted molar refractivity (Wildman–Crippen MR) is 72.1 cm³/mol. The zero-order valence-corrected chi connectivity index (χ0v) is 11.5. The van der Waals surface area contributed by atoms with Crippen LogP contribution >= 0.6 is 0 Å². The summed E-state index contributed by atoms with van der Waals surface area (Å²) in [5, 5.41) is 3.01. The van der Waals surface area contributed by atoms with Crippen LogP contribution in [-0.4, -0.2) is 12.5 Å². The highest BCUT2D eigenvalue weighted by atomic mass is 16.1. The number of nitrogens with one attached hydrogen (secondary N) is 1. The van der Waals surface area contributed by atoms with Crippen molar-refractivity contribution in [2.24, 2.45) is 5.92 Å². The highest BCUT2D eigenvalue weighted by molar-refractivity contribution is 5.77. The van der Waals surface area contributed by atoms with Crippen molar-refractivity contribution in [3.8, 4) is 0 Å². The number of rotatable bonds is 4. The average molecular weight is 233 g/mol. The van der Waals surface area contributed by atoms with E-state index in [1.54, 1.807) is 0 Å². The number of hydrogen-bond acceptors (Lipinski definition) is 1. The quantitative estimate of drug-likeness (QED) is 0.851. The van der Waals surface area contributed by atoms with Gasteiger partial charge in [0.15, 0.2) is 0 Å². The number of benzene rings is 1. The van der Waals surface area contributed by atoms with Crippen molar-refractivity contribution < 1.29 is 4.79 Å². The molecule has 0 atom stereocenters. The Balaban J connectivity index is 2.76. The second kappa shape index (κ2) is 5.35. The van der Waals surface area contributed by atoms with Crippen molar-refractivity contribution in [2.75, 3.05) is 6.54 Å². The number of carbonyl (C=O) groups is 1. The third-order valence-electron chi connectivity index (χ3n) is 3.10. The molecule has 0 heterocycles. The lowest BCUT2D eigenvalue weighted by Gasteiger charge is -2.27. The molecule has 2 heteroatoms. The van der Waals surface area contributed by atoms with E-state index in [-0.39, 0.29) is 17.2 Å². The zero-order chi connectivity index (χ0) is 13.1. The Morgan fingerprint density at radius 3 is 2.41 bits per heavy atom. The largest absolute Gasteiger partial charge is 0.355 e. The molecule has 0 aliphatic carbocycles. The van der Waals surface area contributed by atoms with Crippen molar-refractivity contribution in [1.82, 2.24) is 5.32 Å². The van der Waals surface area contributed by atoms with Crippen molar-refractivity contribution in [3.63, 3.8) is 0 Å². The first kappa shape index (κ1) is 13.8. The van der Waals surface area contributed by atoms with Gasteiger partial charge < -0.3 is 5.32 Å². The van der Waals surface area contributed by atoms with Gasteiger partial charge in [0.25, 0.3) is 0 Å². The van der Waals surface area contributed by atoms with Crippen LogP contribution in [0.15, 0.2) is 24.3 Å². The molecule has 1 amide bonds.